The van der Waals surface area contributed by atoms with Gasteiger partial charge < -0.3 is 15.1 Å². The predicted molar refractivity (Wildman–Crippen MR) is 109 cm³/mol. The van der Waals surface area contributed by atoms with Gasteiger partial charge in [-0.1, -0.05) is 30.3 Å². The fourth-order valence-corrected chi connectivity index (χ4v) is 3.41. The van der Waals surface area contributed by atoms with E-state index >= 15 is 0 Å². The van der Waals surface area contributed by atoms with E-state index in [1.165, 1.54) is 5.56 Å². The Labute approximate surface area is 166 Å². The lowest BCUT2D eigenvalue weighted by Crippen LogP contribution is -2.46. The molecule has 0 bridgehead atoms. The zero-order valence-corrected chi connectivity index (χ0v) is 16.4. The smallest absolute Gasteiger partial charge is 0.349 e. The Morgan fingerprint density at radius 1 is 1.26 bits per heavy atom. The lowest BCUT2D eigenvalue weighted by molar-refractivity contribution is 0.0925. The van der Waals surface area contributed by atoms with E-state index in [0.29, 0.717) is 17.7 Å². The van der Waals surface area contributed by atoms with E-state index < -0.39 is 5.63 Å². The highest BCUT2D eigenvalue weighted by Gasteiger charge is 2.21. The zero-order chi connectivity index (χ0) is 18.4. The molecule has 0 aliphatic carbocycles. The van der Waals surface area contributed by atoms with Crippen LogP contribution in [0.5, 0.6) is 0 Å². The van der Waals surface area contributed by atoms with Crippen LogP contribution >= 0.6 is 12.4 Å². The summed E-state index contributed by atoms with van der Waals surface area (Å²) < 4.78 is 5.41. The second-order valence-corrected chi connectivity index (χ2v) is 6.91. The Morgan fingerprint density at radius 3 is 2.70 bits per heavy atom. The molecular formula is C21H27ClN2O3. The molecule has 1 atom stereocenters. The molecule has 0 spiro atoms. The fourth-order valence-electron chi connectivity index (χ4n) is 3.41. The molecule has 146 valence electrons. The van der Waals surface area contributed by atoms with E-state index in [1.54, 1.807) is 6.92 Å². The molecule has 1 amide bonds. The third kappa shape index (κ3) is 5.94. The van der Waals surface area contributed by atoms with Gasteiger partial charge in [0, 0.05) is 19.0 Å². The molecule has 1 aliphatic heterocycles. The van der Waals surface area contributed by atoms with Crippen LogP contribution in [0.15, 0.2) is 45.6 Å². The van der Waals surface area contributed by atoms with Crippen LogP contribution in [0.1, 0.15) is 46.5 Å². The number of rotatable bonds is 6. The Morgan fingerprint density at radius 2 is 2.04 bits per heavy atom. The highest BCUT2D eigenvalue weighted by Crippen LogP contribution is 2.12. The van der Waals surface area contributed by atoms with Crippen molar-refractivity contribution in [2.75, 3.05) is 13.1 Å². The first kappa shape index (κ1) is 21.2. The first-order valence-corrected chi connectivity index (χ1v) is 9.32. The molecule has 1 aromatic carbocycles. The van der Waals surface area contributed by atoms with Crippen LogP contribution in [0.2, 0.25) is 0 Å². The van der Waals surface area contributed by atoms with Gasteiger partial charge in [-0.25, -0.2) is 4.79 Å². The summed E-state index contributed by atoms with van der Waals surface area (Å²) in [6, 6.07) is 12.1. The van der Waals surface area contributed by atoms with Gasteiger partial charge in [-0.05, 0) is 56.3 Å². The number of amides is 1. The quantitative estimate of drug-likeness (QED) is 0.795. The standard InChI is InChI=1S/C21H26N2O3.ClH/c1-15-13-18(11-5-9-16-7-3-2-4-8-16)26-21(25)19(15)20(24)23-17-10-6-12-22-14-17;/h2-4,7-8,13,17,22H,5-6,9-12,14H2,1H3,(H,23,24);1H. The van der Waals surface area contributed by atoms with Gasteiger partial charge >= 0.3 is 5.63 Å². The third-order valence-electron chi connectivity index (χ3n) is 4.79. The monoisotopic (exact) mass is 390 g/mol. The van der Waals surface area contributed by atoms with E-state index in [1.807, 2.05) is 24.3 Å². The zero-order valence-electron chi connectivity index (χ0n) is 15.6. The fraction of sp³-hybridized carbons (Fsp3) is 0.429. The van der Waals surface area contributed by atoms with E-state index in [4.69, 9.17) is 4.42 Å². The molecule has 1 fully saturated rings. The van der Waals surface area contributed by atoms with Crippen molar-refractivity contribution in [2.24, 2.45) is 0 Å². The van der Waals surface area contributed by atoms with Gasteiger partial charge in [0.15, 0.2) is 0 Å². The van der Waals surface area contributed by atoms with Crippen molar-refractivity contribution in [3.8, 4) is 0 Å². The van der Waals surface area contributed by atoms with Crippen LogP contribution in [0, 0.1) is 6.92 Å². The summed E-state index contributed by atoms with van der Waals surface area (Å²) in [5.74, 6) is 0.306. The molecule has 1 saturated heterocycles. The Balaban J connectivity index is 0.00000261. The van der Waals surface area contributed by atoms with Crippen molar-refractivity contribution in [3.05, 3.63) is 69.3 Å². The second-order valence-electron chi connectivity index (χ2n) is 6.91. The highest BCUT2D eigenvalue weighted by molar-refractivity contribution is 5.95. The molecule has 2 aromatic rings. The Hall–Kier alpha value is -2.11. The van der Waals surface area contributed by atoms with Gasteiger partial charge in [-0.2, -0.15) is 0 Å². The van der Waals surface area contributed by atoms with Gasteiger partial charge in [0.1, 0.15) is 11.3 Å². The molecule has 5 nitrogen and oxygen atoms in total. The van der Waals surface area contributed by atoms with Crippen molar-refractivity contribution in [2.45, 2.75) is 45.1 Å². The number of halogens is 1. The number of aryl methyl sites for hydroxylation is 3. The number of hydrogen-bond donors (Lipinski definition) is 2. The first-order chi connectivity index (χ1) is 12.6. The molecule has 0 saturated carbocycles. The lowest BCUT2D eigenvalue weighted by atomic mass is 10.0. The number of nitrogens with one attached hydrogen (secondary N) is 2. The lowest BCUT2D eigenvalue weighted by Gasteiger charge is -2.23. The molecule has 0 radical (unpaired) electrons. The van der Waals surface area contributed by atoms with Gasteiger partial charge in [0.2, 0.25) is 0 Å². The first-order valence-electron chi connectivity index (χ1n) is 9.32. The van der Waals surface area contributed by atoms with E-state index in [0.717, 1.165) is 38.8 Å². The van der Waals surface area contributed by atoms with Crippen LogP contribution in [0.4, 0.5) is 0 Å². The summed E-state index contributed by atoms with van der Waals surface area (Å²) in [6.45, 7) is 3.52. The molecule has 1 aliphatic rings. The van der Waals surface area contributed by atoms with Crippen LogP contribution < -0.4 is 16.3 Å². The van der Waals surface area contributed by atoms with Gasteiger partial charge in [-0.15, -0.1) is 12.4 Å². The van der Waals surface area contributed by atoms with Crippen molar-refractivity contribution in [3.63, 3.8) is 0 Å². The number of benzene rings is 1. The Bertz CT molecular complexity index is 799. The van der Waals surface area contributed by atoms with Crippen LogP contribution in [-0.4, -0.2) is 25.0 Å². The summed E-state index contributed by atoms with van der Waals surface area (Å²) in [7, 11) is 0. The molecular weight excluding hydrogens is 364 g/mol. The minimum absolute atomic E-state index is 0. The molecule has 2 N–H and O–H groups in total. The minimum Gasteiger partial charge on any atom is -0.427 e. The van der Waals surface area contributed by atoms with Crippen molar-refractivity contribution in [1.82, 2.24) is 10.6 Å². The normalized spacial score (nSPS) is 16.4. The largest absolute Gasteiger partial charge is 0.427 e. The molecule has 27 heavy (non-hydrogen) atoms. The number of hydrogen-bond acceptors (Lipinski definition) is 4. The molecule has 1 unspecified atom stereocenters. The van der Waals surface area contributed by atoms with E-state index in [-0.39, 0.29) is 29.9 Å². The predicted octanol–water partition coefficient (Wildman–Crippen LogP) is 3.03. The van der Waals surface area contributed by atoms with Crippen molar-refractivity contribution < 1.29 is 9.21 Å². The van der Waals surface area contributed by atoms with Gasteiger partial charge in [0.25, 0.3) is 5.91 Å². The summed E-state index contributed by atoms with van der Waals surface area (Å²) in [5.41, 5.74) is 1.53. The maximum Gasteiger partial charge on any atom is 0.349 e. The van der Waals surface area contributed by atoms with Crippen molar-refractivity contribution >= 4 is 18.3 Å². The van der Waals surface area contributed by atoms with E-state index in [9.17, 15) is 9.59 Å². The summed E-state index contributed by atoms with van der Waals surface area (Å²) >= 11 is 0. The minimum atomic E-state index is -0.541. The van der Waals surface area contributed by atoms with Gasteiger partial charge in [0.05, 0.1) is 0 Å². The third-order valence-corrected chi connectivity index (χ3v) is 4.79. The molecule has 3 rings (SSSR count). The summed E-state index contributed by atoms with van der Waals surface area (Å²) in [5, 5.41) is 6.19. The maximum absolute atomic E-state index is 12.5. The van der Waals surface area contributed by atoms with Crippen molar-refractivity contribution in [1.29, 1.82) is 0 Å². The molecule has 6 heteroatoms. The number of carbonyl (C=O) groups is 1. The SMILES string of the molecule is Cc1cc(CCCc2ccccc2)oc(=O)c1C(=O)NC1CCCNC1.Cl. The maximum atomic E-state index is 12.5. The van der Waals surface area contributed by atoms with Gasteiger partial charge in [-0.3, -0.25) is 4.79 Å². The molecule has 1 aromatic heterocycles. The summed E-state index contributed by atoms with van der Waals surface area (Å²) in [4.78, 5) is 24.8. The summed E-state index contributed by atoms with van der Waals surface area (Å²) in [6.07, 6.45) is 4.46. The van der Waals surface area contributed by atoms with Crippen LogP contribution in [0.3, 0.4) is 0 Å². The highest BCUT2D eigenvalue weighted by atomic mass is 35.5. The number of carbonyl (C=O) groups excluding carboxylic acids is 1. The topological polar surface area (TPSA) is 71.3 Å². The average molecular weight is 391 g/mol. The second kappa shape index (κ2) is 10.3. The number of piperidine rings is 1. The van der Waals surface area contributed by atoms with E-state index in [2.05, 4.69) is 22.8 Å². The van der Waals surface area contributed by atoms with Crippen LogP contribution in [0.25, 0.3) is 0 Å². The Kier molecular flexibility index (Phi) is 8.07. The van der Waals surface area contributed by atoms with Crippen LogP contribution in [-0.2, 0) is 12.8 Å². The average Bonchev–Trinajstić information content (AvgIpc) is 2.63. The molecule has 2 heterocycles.